The van der Waals surface area contributed by atoms with Crippen molar-refractivity contribution in [2.24, 2.45) is 5.92 Å². The summed E-state index contributed by atoms with van der Waals surface area (Å²) in [7, 11) is 0. The van der Waals surface area contributed by atoms with Crippen LogP contribution in [0.25, 0.3) is 0 Å². The van der Waals surface area contributed by atoms with E-state index >= 15 is 0 Å². The van der Waals surface area contributed by atoms with Gasteiger partial charge in [0.2, 0.25) is 5.91 Å². The third kappa shape index (κ3) is 5.11. The van der Waals surface area contributed by atoms with Crippen LogP contribution < -0.4 is 15.0 Å². The standard InChI is InChI=1S/C25H30N4O4/c30-24(18-16-29(17-18)20-3-1-11-26-15-20)27-19-5-7-21(8-6-19)33-22-9-12-28(13-10-22)25(31)23-4-2-14-32-23/h1,3,5-8,11,15,18,22-23H,2,4,9-10,12-14,16-17H2,(H,27,30)/t23-/m0/s1. The molecular formula is C25H30N4O4. The molecule has 174 valence electrons. The van der Waals surface area contributed by atoms with Crippen molar-refractivity contribution in [2.45, 2.75) is 37.9 Å². The Balaban J connectivity index is 1.05. The molecule has 0 aliphatic carbocycles. The Labute approximate surface area is 193 Å². The van der Waals surface area contributed by atoms with E-state index < -0.39 is 0 Å². The molecule has 1 aromatic heterocycles. The van der Waals surface area contributed by atoms with Crippen molar-refractivity contribution < 1.29 is 19.1 Å². The summed E-state index contributed by atoms with van der Waals surface area (Å²) < 4.78 is 11.6. The normalized spacial score (nSPS) is 21.5. The number of carbonyl (C=O) groups excluding carboxylic acids is 2. The summed E-state index contributed by atoms with van der Waals surface area (Å²) in [5.41, 5.74) is 1.81. The molecule has 2 aromatic rings. The van der Waals surface area contributed by atoms with Crippen LogP contribution in [0.15, 0.2) is 48.8 Å². The van der Waals surface area contributed by atoms with E-state index in [9.17, 15) is 9.59 Å². The van der Waals surface area contributed by atoms with Gasteiger partial charge in [0.25, 0.3) is 5.91 Å². The van der Waals surface area contributed by atoms with Gasteiger partial charge in [-0.2, -0.15) is 0 Å². The maximum absolute atomic E-state index is 12.5. The van der Waals surface area contributed by atoms with Crippen molar-refractivity contribution in [1.29, 1.82) is 0 Å². The second-order valence-electron chi connectivity index (χ2n) is 8.97. The number of carbonyl (C=O) groups is 2. The zero-order chi connectivity index (χ0) is 22.6. The highest BCUT2D eigenvalue weighted by atomic mass is 16.5. The Morgan fingerprint density at radius 2 is 1.85 bits per heavy atom. The van der Waals surface area contributed by atoms with Crippen LogP contribution in [0.1, 0.15) is 25.7 Å². The molecule has 0 radical (unpaired) electrons. The number of benzene rings is 1. The van der Waals surface area contributed by atoms with Gasteiger partial charge in [-0.15, -0.1) is 0 Å². The summed E-state index contributed by atoms with van der Waals surface area (Å²) in [6.07, 6.45) is 6.84. The number of amides is 2. The number of likely N-dealkylation sites (tertiary alicyclic amines) is 1. The van der Waals surface area contributed by atoms with Gasteiger partial charge in [-0.25, -0.2) is 0 Å². The molecule has 0 spiro atoms. The monoisotopic (exact) mass is 450 g/mol. The van der Waals surface area contributed by atoms with Gasteiger partial charge in [0.05, 0.1) is 17.8 Å². The predicted molar refractivity (Wildman–Crippen MR) is 124 cm³/mol. The fraction of sp³-hybridized carbons (Fsp3) is 0.480. The first-order valence-corrected chi connectivity index (χ1v) is 11.8. The molecule has 3 saturated heterocycles. The molecule has 0 saturated carbocycles. The topological polar surface area (TPSA) is 84.0 Å². The van der Waals surface area contributed by atoms with E-state index in [-0.39, 0.29) is 29.9 Å². The van der Waals surface area contributed by atoms with Gasteiger partial charge in [0.1, 0.15) is 18.0 Å². The number of ether oxygens (including phenoxy) is 2. The molecule has 0 bridgehead atoms. The van der Waals surface area contributed by atoms with Gasteiger partial charge in [-0.05, 0) is 49.2 Å². The van der Waals surface area contributed by atoms with Crippen LogP contribution in [0.4, 0.5) is 11.4 Å². The molecule has 1 aromatic carbocycles. The fourth-order valence-electron chi connectivity index (χ4n) is 4.62. The van der Waals surface area contributed by atoms with Crippen LogP contribution in [0.3, 0.4) is 0 Å². The highest BCUT2D eigenvalue weighted by molar-refractivity contribution is 5.94. The molecule has 3 aliphatic rings. The number of piperidine rings is 1. The van der Waals surface area contributed by atoms with E-state index in [1.807, 2.05) is 47.5 Å². The van der Waals surface area contributed by atoms with Crippen molar-refractivity contribution >= 4 is 23.2 Å². The van der Waals surface area contributed by atoms with Crippen molar-refractivity contribution in [2.75, 3.05) is 43.0 Å². The van der Waals surface area contributed by atoms with Gasteiger partial charge in [0.15, 0.2) is 0 Å². The Morgan fingerprint density at radius 1 is 1.06 bits per heavy atom. The minimum absolute atomic E-state index is 0.0244. The minimum atomic E-state index is -0.247. The Bertz CT molecular complexity index is 948. The second kappa shape index (κ2) is 9.79. The van der Waals surface area contributed by atoms with Crippen LogP contribution in [-0.2, 0) is 14.3 Å². The van der Waals surface area contributed by atoms with E-state index in [2.05, 4.69) is 15.2 Å². The van der Waals surface area contributed by atoms with Gasteiger partial charge < -0.3 is 24.6 Å². The molecule has 33 heavy (non-hydrogen) atoms. The number of hydrogen-bond acceptors (Lipinski definition) is 6. The zero-order valence-electron chi connectivity index (χ0n) is 18.7. The van der Waals surface area contributed by atoms with E-state index in [1.54, 1.807) is 6.20 Å². The molecule has 1 atom stereocenters. The van der Waals surface area contributed by atoms with E-state index in [4.69, 9.17) is 9.47 Å². The number of hydrogen-bond donors (Lipinski definition) is 1. The van der Waals surface area contributed by atoms with Gasteiger partial charge >= 0.3 is 0 Å². The highest BCUT2D eigenvalue weighted by Gasteiger charge is 2.33. The lowest BCUT2D eigenvalue weighted by molar-refractivity contribution is -0.142. The van der Waals surface area contributed by atoms with Crippen LogP contribution in [-0.4, -0.2) is 66.7 Å². The van der Waals surface area contributed by atoms with Crippen molar-refractivity contribution in [1.82, 2.24) is 9.88 Å². The zero-order valence-corrected chi connectivity index (χ0v) is 18.7. The van der Waals surface area contributed by atoms with Crippen molar-refractivity contribution in [3.8, 4) is 5.75 Å². The molecule has 8 heteroatoms. The number of nitrogens with one attached hydrogen (secondary N) is 1. The Morgan fingerprint density at radius 3 is 2.52 bits per heavy atom. The summed E-state index contributed by atoms with van der Waals surface area (Å²) in [5, 5.41) is 3.00. The van der Waals surface area contributed by atoms with Crippen LogP contribution in [0.2, 0.25) is 0 Å². The number of anilines is 2. The van der Waals surface area contributed by atoms with Crippen LogP contribution in [0.5, 0.6) is 5.75 Å². The molecular weight excluding hydrogens is 420 g/mol. The second-order valence-corrected chi connectivity index (χ2v) is 8.97. The Hall–Kier alpha value is -3.13. The first kappa shape index (κ1) is 21.7. The maximum atomic E-state index is 12.5. The van der Waals surface area contributed by atoms with E-state index in [0.717, 1.165) is 42.8 Å². The summed E-state index contributed by atoms with van der Waals surface area (Å²) in [6.45, 7) is 3.50. The highest BCUT2D eigenvalue weighted by Crippen LogP contribution is 2.26. The summed E-state index contributed by atoms with van der Waals surface area (Å²) in [6, 6.07) is 11.4. The molecule has 3 fully saturated rings. The summed E-state index contributed by atoms with van der Waals surface area (Å²) >= 11 is 0. The molecule has 5 rings (SSSR count). The smallest absolute Gasteiger partial charge is 0.251 e. The molecule has 1 N–H and O–H groups in total. The van der Waals surface area contributed by atoms with Gasteiger partial charge in [-0.1, -0.05) is 0 Å². The number of nitrogens with zero attached hydrogens (tertiary/aromatic N) is 3. The maximum Gasteiger partial charge on any atom is 0.251 e. The van der Waals surface area contributed by atoms with E-state index in [1.165, 1.54) is 0 Å². The van der Waals surface area contributed by atoms with Gasteiger partial charge in [-0.3, -0.25) is 14.6 Å². The quantitative estimate of drug-likeness (QED) is 0.729. The minimum Gasteiger partial charge on any atom is -0.490 e. The third-order valence-corrected chi connectivity index (χ3v) is 6.65. The number of aromatic nitrogens is 1. The molecule has 4 heterocycles. The first-order chi connectivity index (χ1) is 16.2. The fourth-order valence-corrected chi connectivity index (χ4v) is 4.62. The molecule has 0 unspecified atom stereocenters. The SMILES string of the molecule is O=C(Nc1ccc(OC2CCN(C(=O)[C@@H]3CCCO3)CC2)cc1)C1CN(c2cccnc2)C1. The molecule has 2 amide bonds. The molecule has 3 aliphatic heterocycles. The summed E-state index contributed by atoms with van der Waals surface area (Å²) in [5.74, 6) is 0.917. The largest absolute Gasteiger partial charge is 0.490 e. The predicted octanol–water partition coefficient (Wildman–Crippen LogP) is 2.71. The van der Waals surface area contributed by atoms with Crippen LogP contribution in [0, 0.1) is 5.92 Å². The van der Waals surface area contributed by atoms with Crippen LogP contribution >= 0.6 is 0 Å². The first-order valence-electron chi connectivity index (χ1n) is 11.8. The average Bonchev–Trinajstić information content (AvgIpc) is 3.35. The lowest BCUT2D eigenvalue weighted by Crippen LogP contribution is -2.52. The third-order valence-electron chi connectivity index (χ3n) is 6.65. The molecule has 8 nitrogen and oxygen atoms in total. The Kier molecular flexibility index (Phi) is 6.44. The van der Waals surface area contributed by atoms with Gasteiger partial charge in [0, 0.05) is 57.5 Å². The lowest BCUT2D eigenvalue weighted by atomic mass is 9.98. The van der Waals surface area contributed by atoms with Crippen molar-refractivity contribution in [3.63, 3.8) is 0 Å². The average molecular weight is 451 g/mol. The number of rotatable bonds is 6. The lowest BCUT2D eigenvalue weighted by Gasteiger charge is -2.39. The van der Waals surface area contributed by atoms with Crippen molar-refractivity contribution in [3.05, 3.63) is 48.8 Å². The van der Waals surface area contributed by atoms with E-state index in [0.29, 0.717) is 32.8 Å². The number of pyridine rings is 1. The summed E-state index contributed by atoms with van der Waals surface area (Å²) in [4.78, 5) is 33.2.